The van der Waals surface area contributed by atoms with Crippen LogP contribution in [0, 0.1) is 12.3 Å². The van der Waals surface area contributed by atoms with Crippen LogP contribution in [0.1, 0.15) is 39.7 Å². The summed E-state index contributed by atoms with van der Waals surface area (Å²) in [5, 5.41) is 9.42. The van der Waals surface area contributed by atoms with Crippen molar-refractivity contribution in [1.82, 2.24) is 9.47 Å². The SMILES string of the molecule is C#C[C@@H]1CO[C@@]23CCCOC[C@@H]2n2cc(C(=O)O)c(=O)c(OC)c2C(=O)N13. The number of carboxylic acid groups (broad SMARTS) is 1. The van der Waals surface area contributed by atoms with Crippen molar-refractivity contribution < 1.29 is 28.9 Å². The van der Waals surface area contributed by atoms with Gasteiger partial charge < -0.3 is 23.9 Å². The number of terminal acetylenes is 1. The zero-order valence-electron chi connectivity index (χ0n) is 14.6. The molecule has 2 fully saturated rings. The molecule has 9 nitrogen and oxygen atoms in total. The first-order valence-electron chi connectivity index (χ1n) is 8.54. The van der Waals surface area contributed by atoms with Crippen LogP contribution in [-0.4, -0.2) is 65.1 Å². The van der Waals surface area contributed by atoms with E-state index in [1.807, 2.05) is 0 Å². The minimum Gasteiger partial charge on any atom is -0.491 e. The number of aromatic carboxylic acids is 1. The fourth-order valence-electron chi connectivity index (χ4n) is 4.25. The summed E-state index contributed by atoms with van der Waals surface area (Å²) in [6.07, 6.45) is 7.92. The maximum Gasteiger partial charge on any atom is 0.341 e. The van der Waals surface area contributed by atoms with E-state index in [0.717, 1.165) is 0 Å². The molecule has 1 N–H and O–H groups in total. The number of fused-ring (bicyclic) bond motifs is 2. The van der Waals surface area contributed by atoms with Gasteiger partial charge in [0, 0.05) is 12.8 Å². The Kier molecular flexibility index (Phi) is 3.98. The minimum atomic E-state index is -1.40. The number of carboxylic acids is 1. The second-order valence-corrected chi connectivity index (χ2v) is 6.67. The van der Waals surface area contributed by atoms with Crippen LogP contribution in [0.5, 0.6) is 5.75 Å². The average Bonchev–Trinajstić information content (AvgIpc) is 2.89. The molecule has 2 saturated heterocycles. The molecule has 0 saturated carbocycles. The summed E-state index contributed by atoms with van der Waals surface area (Å²) in [5.74, 6) is 0.336. The highest BCUT2D eigenvalue weighted by atomic mass is 16.5. The summed E-state index contributed by atoms with van der Waals surface area (Å²) in [6.45, 7) is 0.813. The van der Waals surface area contributed by atoms with Crippen molar-refractivity contribution in [2.24, 2.45) is 0 Å². The molecular weight excluding hydrogens is 356 g/mol. The van der Waals surface area contributed by atoms with Gasteiger partial charge in [0.05, 0.1) is 20.3 Å². The zero-order chi connectivity index (χ0) is 19.3. The molecule has 1 aromatic rings. The van der Waals surface area contributed by atoms with Crippen LogP contribution >= 0.6 is 0 Å². The molecule has 9 heteroatoms. The summed E-state index contributed by atoms with van der Waals surface area (Å²) in [4.78, 5) is 38.9. The van der Waals surface area contributed by atoms with Gasteiger partial charge in [-0.05, 0) is 12.8 Å². The third kappa shape index (κ3) is 2.23. The Morgan fingerprint density at radius 1 is 1.44 bits per heavy atom. The molecule has 1 spiro atoms. The van der Waals surface area contributed by atoms with Gasteiger partial charge in [-0.1, -0.05) is 5.92 Å². The van der Waals surface area contributed by atoms with Crippen molar-refractivity contribution in [3.05, 3.63) is 27.7 Å². The number of methoxy groups -OCH3 is 1. The molecule has 0 bridgehead atoms. The number of pyridine rings is 1. The quantitative estimate of drug-likeness (QED) is 0.731. The lowest BCUT2D eigenvalue weighted by molar-refractivity contribution is -0.123. The Balaban J connectivity index is 2.04. The van der Waals surface area contributed by atoms with E-state index in [1.54, 1.807) is 0 Å². The van der Waals surface area contributed by atoms with E-state index in [4.69, 9.17) is 20.6 Å². The van der Waals surface area contributed by atoms with E-state index < -0.39 is 40.7 Å². The number of nitrogens with zero attached hydrogens (tertiary/aromatic N) is 2. The fourth-order valence-corrected chi connectivity index (χ4v) is 4.25. The smallest absolute Gasteiger partial charge is 0.341 e. The molecule has 1 amide bonds. The third-order valence-electron chi connectivity index (χ3n) is 5.41. The largest absolute Gasteiger partial charge is 0.491 e. The lowest BCUT2D eigenvalue weighted by atomic mass is 9.92. The van der Waals surface area contributed by atoms with Crippen molar-refractivity contribution in [3.63, 3.8) is 0 Å². The van der Waals surface area contributed by atoms with Gasteiger partial charge in [-0.15, -0.1) is 6.42 Å². The highest BCUT2D eigenvalue weighted by Gasteiger charge is 2.60. The van der Waals surface area contributed by atoms with Crippen LogP contribution in [0.4, 0.5) is 0 Å². The standard InChI is InChI=1S/C18H18N2O7/c1-3-10-8-27-18-5-4-6-26-9-12(18)19-7-11(17(23)24)14(21)15(25-2)13(19)16(22)20(10)18/h1,7,10,12H,4-6,8-9H2,2H3,(H,23,24)/t10-,12+,18+/m1/s1. The number of hydrogen-bond donors (Lipinski definition) is 1. The van der Waals surface area contributed by atoms with E-state index >= 15 is 0 Å². The Morgan fingerprint density at radius 3 is 2.89 bits per heavy atom. The summed E-state index contributed by atoms with van der Waals surface area (Å²) >= 11 is 0. The van der Waals surface area contributed by atoms with Crippen LogP contribution in [0.3, 0.4) is 0 Å². The second kappa shape index (κ2) is 6.11. The van der Waals surface area contributed by atoms with E-state index in [-0.39, 0.29) is 24.7 Å². The molecule has 4 rings (SSSR count). The molecule has 3 aliphatic heterocycles. The summed E-state index contributed by atoms with van der Waals surface area (Å²) < 4.78 is 18.3. The fraction of sp³-hybridized carbons (Fsp3) is 0.500. The monoisotopic (exact) mass is 374 g/mol. The molecule has 3 atom stereocenters. The number of amides is 1. The average molecular weight is 374 g/mol. The topological polar surface area (TPSA) is 107 Å². The van der Waals surface area contributed by atoms with Gasteiger partial charge in [-0.3, -0.25) is 14.5 Å². The van der Waals surface area contributed by atoms with Gasteiger partial charge in [-0.25, -0.2) is 4.79 Å². The maximum atomic E-state index is 13.4. The first-order chi connectivity index (χ1) is 13.0. The maximum absolute atomic E-state index is 13.4. The molecule has 3 aliphatic rings. The number of carbonyl (C=O) groups is 2. The van der Waals surface area contributed by atoms with Crippen molar-refractivity contribution in [2.45, 2.75) is 30.7 Å². The number of ether oxygens (including phenoxy) is 3. The number of rotatable bonds is 2. The summed E-state index contributed by atoms with van der Waals surface area (Å²) in [7, 11) is 1.22. The zero-order valence-corrected chi connectivity index (χ0v) is 14.6. The van der Waals surface area contributed by atoms with Crippen molar-refractivity contribution in [1.29, 1.82) is 0 Å². The van der Waals surface area contributed by atoms with Gasteiger partial charge in [0.2, 0.25) is 5.43 Å². The van der Waals surface area contributed by atoms with Crippen LogP contribution < -0.4 is 10.2 Å². The van der Waals surface area contributed by atoms with Crippen LogP contribution in [0.25, 0.3) is 0 Å². The lowest BCUT2D eigenvalue weighted by Gasteiger charge is -2.47. The minimum absolute atomic E-state index is 0.0376. The second-order valence-electron chi connectivity index (χ2n) is 6.67. The van der Waals surface area contributed by atoms with E-state index in [1.165, 1.54) is 22.8 Å². The Morgan fingerprint density at radius 2 is 2.22 bits per heavy atom. The molecule has 0 radical (unpaired) electrons. The van der Waals surface area contributed by atoms with Crippen molar-refractivity contribution >= 4 is 11.9 Å². The van der Waals surface area contributed by atoms with Crippen LogP contribution in [-0.2, 0) is 9.47 Å². The van der Waals surface area contributed by atoms with E-state index in [2.05, 4.69) is 5.92 Å². The van der Waals surface area contributed by atoms with E-state index in [9.17, 15) is 19.5 Å². The van der Waals surface area contributed by atoms with Gasteiger partial charge in [0.15, 0.2) is 17.2 Å². The Labute approximate surface area is 154 Å². The Bertz CT molecular complexity index is 931. The van der Waals surface area contributed by atoms with Gasteiger partial charge >= 0.3 is 5.97 Å². The molecule has 1 aromatic heterocycles. The van der Waals surface area contributed by atoms with Crippen molar-refractivity contribution in [3.8, 4) is 18.1 Å². The lowest BCUT2D eigenvalue weighted by Crippen LogP contribution is -2.61. The number of hydrogen-bond acceptors (Lipinski definition) is 6. The van der Waals surface area contributed by atoms with Gasteiger partial charge in [0.25, 0.3) is 5.91 Å². The first kappa shape index (κ1) is 17.6. The molecule has 27 heavy (non-hydrogen) atoms. The predicted molar refractivity (Wildman–Crippen MR) is 90.8 cm³/mol. The molecule has 4 heterocycles. The first-order valence-corrected chi connectivity index (χ1v) is 8.54. The molecule has 0 unspecified atom stereocenters. The van der Waals surface area contributed by atoms with Crippen molar-refractivity contribution in [2.75, 3.05) is 26.9 Å². The summed E-state index contributed by atoms with van der Waals surface area (Å²) in [5.41, 5.74) is -2.43. The normalized spacial score (nSPS) is 29.2. The van der Waals surface area contributed by atoms with Gasteiger partial charge in [-0.2, -0.15) is 0 Å². The molecule has 142 valence electrons. The highest BCUT2D eigenvalue weighted by molar-refractivity contribution is 5.98. The highest BCUT2D eigenvalue weighted by Crippen LogP contribution is 2.47. The number of carbonyl (C=O) groups excluding carboxylic acids is 1. The number of aromatic nitrogens is 1. The molecular formula is C18H18N2O7. The molecule has 0 aliphatic carbocycles. The molecule has 0 aromatic carbocycles. The predicted octanol–water partition coefficient (Wildman–Crippen LogP) is 0.0907. The van der Waals surface area contributed by atoms with Crippen LogP contribution in [0.2, 0.25) is 0 Å². The van der Waals surface area contributed by atoms with Gasteiger partial charge in [0.1, 0.15) is 17.6 Å². The van der Waals surface area contributed by atoms with E-state index in [0.29, 0.717) is 19.4 Å². The van der Waals surface area contributed by atoms with Crippen LogP contribution in [0.15, 0.2) is 11.0 Å². The summed E-state index contributed by atoms with van der Waals surface area (Å²) in [6, 6.07) is -1.15. The Hall–Kier alpha value is -2.83. The third-order valence-corrected chi connectivity index (χ3v) is 5.41.